The molecule has 2 aliphatic carbocycles. The number of thioether (sulfide) groups is 2. The third kappa shape index (κ3) is 7.41. The first kappa shape index (κ1) is 36.7. The maximum Gasteiger partial charge on any atom is 0.322 e. The van der Waals surface area contributed by atoms with Crippen molar-refractivity contribution >= 4 is 57.3 Å². The number of aromatic nitrogens is 2. The lowest BCUT2D eigenvalue weighted by Gasteiger charge is -2.38. The van der Waals surface area contributed by atoms with Crippen LogP contribution in [-0.2, 0) is 14.3 Å². The van der Waals surface area contributed by atoms with Crippen LogP contribution in [0.1, 0.15) is 56.6 Å². The first-order valence-corrected chi connectivity index (χ1v) is 19.5. The SMILES string of the molecule is CCOC(=O)C1(Sc2ccnc3ccc(-c4cccc(C#N)c4)cc23)CCC1.N#Cc1cccc(-c2ccc3nccc(SC4(C(=O)O)CCC4)c3c2)c1. The van der Waals surface area contributed by atoms with Crippen LogP contribution in [0.4, 0.5) is 0 Å². The minimum atomic E-state index is -0.739. The minimum absolute atomic E-state index is 0.117. The second-order valence-corrected chi connectivity index (χ2v) is 16.2. The highest BCUT2D eigenvalue weighted by Crippen LogP contribution is 2.51. The summed E-state index contributed by atoms with van der Waals surface area (Å²) in [7, 11) is 0. The van der Waals surface area contributed by atoms with Gasteiger partial charge in [0.25, 0.3) is 0 Å². The van der Waals surface area contributed by atoms with Crippen LogP contribution in [-0.4, -0.2) is 43.1 Å². The number of esters is 1. The molecule has 0 atom stereocenters. The molecule has 0 spiro atoms. The molecule has 268 valence electrons. The number of pyridine rings is 2. The van der Waals surface area contributed by atoms with E-state index in [0.717, 1.165) is 79.5 Å². The van der Waals surface area contributed by atoms with E-state index in [0.29, 0.717) is 30.6 Å². The monoisotopic (exact) mass is 748 g/mol. The lowest BCUT2D eigenvalue weighted by molar-refractivity contribution is -0.148. The van der Waals surface area contributed by atoms with Gasteiger partial charge >= 0.3 is 11.9 Å². The fourth-order valence-electron chi connectivity index (χ4n) is 6.70. The highest BCUT2D eigenvalue weighted by Gasteiger charge is 2.47. The van der Waals surface area contributed by atoms with Gasteiger partial charge in [0.1, 0.15) is 9.49 Å². The van der Waals surface area contributed by atoms with E-state index in [4.69, 9.17) is 10.00 Å². The number of nitriles is 2. The van der Waals surface area contributed by atoms with E-state index in [9.17, 15) is 20.0 Å². The zero-order chi connectivity index (χ0) is 37.7. The number of carboxylic acid groups (broad SMARTS) is 1. The summed E-state index contributed by atoms with van der Waals surface area (Å²) in [5.74, 6) is -0.856. The third-order valence-electron chi connectivity index (χ3n) is 10.0. The van der Waals surface area contributed by atoms with E-state index in [2.05, 4.69) is 28.2 Å². The number of carboxylic acids is 1. The van der Waals surface area contributed by atoms with Crippen molar-refractivity contribution in [3.8, 4) is 34.4 Å². The lowest BCUT2D eigenvalue weighted by Crippen LogP contribution is -2.43. The summed E-state index contributed by atoms with van der Waals surface area (Å²) in [5.41, 5.74) is 6.95. The van der Waals surface area contributed by atoms with Crippen molar-refractivity contribution in [2.45, 2.75) is 64.7 Å². The number of carbonyl (C=O) groups is 2. The summed E-state index contributed by atoms with van der Waals surface area (Å²) < 4.78 is 4.14. The molecule has 2 aromatic heterocycles. The van der Waals surface area contributed by atoms with Crippen molar-refractivity contribution in [3.63, 3.8) is 0 Å². The molecule has 8 nitrogen and oxygen atoms in total. The molecule has 2 fully saturated rings. The first-order chi connectivity index (χ1) is 26.3. The van der Waals surface area contributed by atoms with E-state index in [1.165, 1.54) is 11.8 Å². The molecule has 0 amide bonds. The molecule has 2 heterocycles. The van der Waals surface area contributed by atoms with Gasteiger partial charge in [-0.25, -0.2) is 0 Å². The number of fused-ring (bicyclic) bond motifs is 2. The van der Waals surface area contributed by atoms with Gasteiger partial charge < -0.3 is 9.84 Å². The maximum absolute atomic E-state index is 12.6. The molecule has 0 aliphatic heterocycles. The highest BCUT2D eigenvalue weighted by atomic mass is 32.2. The van der Waals surface area contributed by atoms with Gasteiger partial charge in [-0.1, -0.05) is 36.4 Å². The van der Waals surface area contributed by atoms with Gasteiger partial charge in [-0.2, -0.15) is 10.5 Å². The smallest absolute Gasteiger partial charge is 0.322 e. The molecule has 0 unspecified atom stereocenters. The van der Waals surface area contributed by atoms with Gasteiger partial charge in [0.2, 0.25) is 0 Å². The number of nitrogens with zero attached hydrogens (tertiary/aromatic N) is 4. The third-order valence-corrected chi connectivity index (χ3v) is 13.1. The molecule has 2 aliphatic rings. The van der Waals surface area contributed by atoms with Crippen LogP contribution in [0.5, 0.6) is 0 Å². The van der Waals surface area contributed by atoms with E-state index < -0.39 is 15.5 Å². The normalized spacial score (nSPS) is 15.0. The molecule has 0 bridgehead atoms. The van der Waals surface area contributed by atoms with Crippen LogP contribution in [0.2, 0.25) is 0 Å². The summed E-state index contributed by atoms with van der Waals surface area (Å²) in [6.07, 6.45) is 8.58. The Morgan fingerprint density at radius 1 is 0.685 bits per heavy atom. The largest absolute Gasteiger partial charge is 0.480 e. The summed E-state index contributed by atoms with van der Waals surface area (Å²) in [6, 6.07) is 35.3. The van der Waals surface area contributed by atoms with E-state index in [1.54, 1.807) is 36.3 Å². The van der Waals surface area contributed by atoms with Crippen LogP contribution in [0, 0.1) is 22.7 Å². The van der Waals surface area contributed by atoms with Crippen molar-refractivity contribution in [2.24, 2.45) is 0 Å². The van der Waals surface area contributed by atoms with Gasteiger partial charge in [-0.15, -0.1) is 23.5 Å². The second-order valence-electron chi connectivity index (χ2n) is 13.4. The quantitative estimate of drug-likeness (QED) is 0.142. The minimum Gasteiger partial charge on any atom is -0.480 e. The fourth-order valence-corrected chi connectivity index (χ4v) is 9.56. The van der Waals surface area contributed by atoms with Gasteiger partial charge in [-0.3, -0.25) is 19.6 Å². The molecule has 1 N–H and O–H groups in total. The number of aliphatic carboxylic acids is 1. The zero-order valence-corrected chi connectivity index (χ0v) is 31.3. The Labute approximate surface area is 322 Å². The first-order valence-electron chi connectivity index (χ1n) is 17.8. The Bertz CT molecular complexity index is 2480. The Kier molecular flexibility index (Phi) is 10.7. The molecule has 2 saturated carbocycles. The molecule has 0 radical (unpaired) electrons. The van der Waals surface area contributed by atoms with Gasteiger partial charge in [-0.05, 0) is 128 Å². The standard InChI is InChI=1S/C23H20N2O2S.C21H16N2O2S/c1-2-27-22(26)23(10-4-11-23)28-21-9-12-25-20-8-7-18(14-19(20)21)17-6-3-5-16(13-17)15-24;22-13-14-3-1-4-15(11-14)16-5-6-18-17(12-16)19(7-10-23-18)26-21(20(24)25)8-2-9-21/h3,5-9,12-14H,2,4,10-11H2,1H3;1,3-7,10-12H,2,8-9H2,(H,24,25). The number of hydrogen-bond donors (Lipinski definition) is 1. The summed E-state index contributed by atoms with van der Waals surface area (Å²) >= 11 is 3.04. The second kappa shape index (κ2) is 15.7. The van der Waals surface area contributed by atoms with Crippen LogP contribution in [0.3, 0.4) is 0 Å². The zero-order valence-electron chi connectivity index (χ0n) is 29.6. The summed E-state index contributed by atoms with van der Waals surface area (Å²) in [6.45, 7) is 2.25. The Morgan fingerprint density at radius 2 is 1.15 bits per heavy atom. The molecule has 6 aromatic rings. The summed E-state index contributed by atoms with van der Waals surface area (Å²) in [4.78, 5) is 35.2. The van der Waals surface area contributed by atoms with Crippen LogP contribution < -0.4 is 0 Å². The van der Waals surface area contributed by atoms with Crippen molar-refractivity contribution in [2.75, 3.05) is 6.61 Å². The van der Waals surface area contributed by atoms with E-state index in [-0.39, 0.29) is 5.97 Å². The van der Waals surface area contributed by atoms with Gasteiger partial charge in [0.15, 0.2) is 0 Å². The predicted molar refractivity (Wildman–Crippen MR) is 213 cm³/mol. The summed E-state index contributed by atoms with van der Waals surface area (Å²) in [5, 5.41) is 29.9. The average Bonchev–Trinajstić information content (AvgIpc) is 3.17. The Hall–Kier alpha value is -5.68. The van der Waals surface area contributed by atoms with Crippen LogP contribution >= 0.6 is 23.5 Å². The van der Waals surface area contributed by atoms with E-state index >= 15 is 0 Å². The number of ether oxygens (including phenoxy) is 1. The van der Waals surface area contributed by atoms with Crippen molar-refractivity contribution < 1.29 is 19.4 Å². The number of benzene rings is 4. The number of carbonyl (C=O) groups excluding carboxylic acids is 1. The van der Waals surface area contributed by atoms with Crippen molar-refractivity contribution in [1.82, 2.24) is 9.97 Å². The molecule has 4 aromatic carbocycles. The maximum atomic E-state index is 12.6. The molecule has 0 saturated heterocycles. The van der Waals surface area contributed by atoms with Gasteiger partial charge in [0.05, 0.1) is 40.9 Å². The molecular weight excluding hydrogens is 713 g/mol. The number of rotatable bonds is 9. The molecule has 10 heteroatoms. The lowest BCUT2D eigenvalue weighted by atomic mass is 9.84. The van der Waals surface area contributed by atoms with Crippen molar-refractivity contribution in [1.29, 1.82) is 10.5 Å². The van der Waals surface area contributed by atoms with Crippen molar-refractivity contribution in [3.05, 3.63) is 121 Å². The number of hydrogen-bond acceptors (Lipinski definition) is 9. The highest BCUT2D eigenvalue weighted by molar-refractivity contribution is 8.02. The average molecular weight is 749 g/mol. The topological polar surface area (TPSA) is 137 Å². The Morgan fingerprint density at radius 3 is 1.56 bits per heavy atom. The van der Waals surface area contributed by atoms with Gasteiger partial charge in [0, 0.05) is 33.0 Å². The van der Waals surface area contributed by atoms with Crippen LogP contribution in [0.25, 0.3) is 44.1 Å². The fraction of sp³-hybridized carbons (Fsp3) is 0.227. The van der Waals surface area contributed by atoms with Crippen LogP contribution in [0.15, 0.2) is 119 Å². The molecule has 8 rings (SSSR count). The van der Waals surface area contributed by atoms with E-state index in [1.807, 2.05) is 85.8 Å². The predicted octanol–water partition coefficient (Wildman–Crippen LogP) is 10.2. The molecule has 54 heavy (non-hydrogen) atoms. The Balaban J connectivity index is 0.000000167. The molecular formula is C44H36N4O4S2.